The van der Waals surface area contributed by atoms with Crippen LogP contribution < -0.4 is 5.32 Å². The van der Waals surface area contributed by atoms with Crippen molar-refractivity contribution in [2.75, 3.05) is 6.54 Å². The van der Waals surface area contributed by atoms with Crippen LogP contribution in [0.3, 0.4) is 0 Å². The van der Waals surface area contributed by atoms with Gasteiger partial charge in [0.2, 0.25) is 11.8 Å². The van der Waals surface area contributed by atoms with Crippen molar-refractivity contribution in [2.45, 2.75) is 75.4 Å². The smallest absolute Gasteiger partial charge is 0.269 e. The number of carbonyl (C=O) groups is 3. The van der Waals surface area contributed by atoms with Crippen LogP contribution in [0.2, 0.25) is 0 Å². The second-order valence-corrected chi connectivity index (χ2v) is 11.2. The highest BCUT2D eigenvalue weighted by Crippen LogP contribution is 2.30. The van der Waals surface area contributed by atoms with Gasteiger partial charge in [-0.3, -0.25) is 14.4 Å². The molecule has 2 aromatic rings. The summed E-state index contributed by atoms with van der Waals surface area (Å²) in [4.78, 5) is 41.0. The molecule has 3 amide bonds. The van der Waals surface area contributed by atoms with Gasteiger partial charge in [-0.15, -0.1) is 0 Å². The lowest BCUT2D eigenvalue weighted by molar-refractivity contribution is -0.141. The monoisotopic (exact) mass is 511 g/mol. The Hall–Kier alpha value is -3.20. The minimum absolute atomic E-state index is 0.0399. The Morgan fingerprint density at radius 3 is 2.36 bits per heavy atom. The van der Waals surface area contributed by atoms with Gasteiger partial charge >= 0.3 is 0 Å². The minimum Gasteiger partial charge on any atom is -0.352 e. The van der Waals surface area contributed by atoms with Crippen LogP contribution in [0, 0.1) is 0 Å². The second kappa shape index (κ2) is 11.2. The summed E-state index contributed by atoms with van der Waals surface area (Å²) < 4.78 is 26.6. The molecular formula is C27H33N3O5S. The largest absolute Gasteiger partial charge is 0.352 e. The number of hydrogen-bond acceptors (Lipinski definition) is 5. The van der Waals surface area contributed by atoms with Gasteiger partial charge in [-0.25, -0.2) is 12.7 Å². The van der Waals surface area contributed by atoms with E-state index in [1.807, 2.05) is 37.3 Å². The van der Waals surface area contributed by atoms with E-state index in [9.17, 15) is 22.8 Å². The van der Waals surface area contributed by atoms with Crippen molar-refractivity contribution in [3.63, 3.8) is 0 Å². The fourth-order valence-electron chi connectivity index (χ4n) is 5.04. The van der Waals surface area contributed by atoms with E-state index >= 15 is 0 Å². The third kappa shape index (κ3) is 5.46. The van der Waals surface area contributed by atoms with Crippen LogP contribution in [0.15, 0.2) is 59.5 Å². The molecule has 1 atom stereocenters. The van der Waals surface area contributed by atoms with E-state index in [2.05, 4.69) is 5.32 Å². The molecule has 36 heavy (non-hydrogen) atoms. The van der Waals surface area contributed by atoms with Gasteiger partial charge in [0.25, 0.3) is 15.9 Å². The number of nitrogens with one attached hydrogen (secondary N) is 1. The van der Waals surface area contributed by atoms with Crippen LogP contribution in [0.25, 0.3) is 0 Å². The lowest BCUT2D eigenvalue weighted by Crippen LogP contribution is -2.52. The summed E-state index contributed by atoms with van der Waals surface area (Å²) >= 11 is 0. The molecule has 0 saturated heterocycles. The maximum absolute atomic E-state index is 13.5. The molecule has 192 valence electrons. The molecule has 2 aromatic carbocycles. The highest BCUT2D eigenvalue weighted by molar-refractivity contribution is 7.90. The Morgan fingerprint density at radius 2 is 1.69 bits per heavy atom. The number of fused-ring (bicyclic) bond motifs is 1. The first-order chi connectivity index (χ1) is 17.3. The van der Waals surface area contributed by atoms with Crippen LogP contribution in [0.1, 0.15) is 67.8 Å². The summed E-state index contributed by atoms with van der Waals surface area (Å²) in [5.74, 6) is -1.19. The summed E-state index contributed by atoms with van der Waals surface area (Å²) in [5, 5.41) is 3.13. The Balaban J connectivity index is 1.51. The molecule has 0 bridgehead atoms. The molecule has 9 heteroatoms. The Labute approximate surface area is 212 Å². The van der Waals surface area contributed by atoms with E-state index in [1.165, 1.54) is 23.5 Å². The van der Waals surface area contributed by atoms with Gasteiger partial charge in [0.1, 0.15) is 10.9 Å². The number of amides is 3. The fourth-order valence-corrected chi connectivity index (χ4v) is 6.61. The van der Waals surface area contributed by atoms with Crippen molar-refractivity contribution in [3.8, 4) is 0 Å². The standard InChI is InChI=1S/C27H33N3O5S/c1-2-23(26(32)28-21-13-7-4-8-14-21)29(19-20-11-5-3-6-12-20)25(31)17-18-30-27(33)22-15-9-10-16-24(22)36(30,34)35/h3,5-6,9-12,15-16,21,23H,2,4,7-8,13-14,17-19H2,1H3,(H,28,32)/t23-/m1/s1. The van der Waals surface area contributed by atoms with E-state index in [-0.39, 0.29) is 47.8 Å². The molecule has 0 unspecified atom stereocenters. The molecule has 1 fully saturated rings. The highest BCUT2D eigenvalue weighted by Gasteiger charge is 2.41. The first-order valence-corrected chi connectivity index (χ1v) is 14.1. The summed E-state index contributed by atoms with van der Waals surface area (Å²) in [6.45, 7) is 1.80. The number of rotatable bonds is 9. The molecule has 8 nitrogen and oxygen atoms in total. The van der Waals surface area contributed by atoms with Crippen LogP contribution in [0.4, 0.5) is 0 Å². The predicted octanol–water partition coefficient (Wildman–Crippen LogP) is 3.48. The van der Waals surface area contributed by atoms with Gasteiger partial charge in [0, 0.05) is 25.6 Å². The third-order valence-electron chi connectivity index (χ3n) is 6.97. The van der Waals surface area contributed by atoms with Crippen LogP contribution in [0.5, 0.6) is 0 Å². The van der Waals surface area contributed by atoms with E-state index in [4.69, 9.17) is 0 Å². The van der Waals surface area contributed by atoms with Crippen molar-refractivity contribution in [3.05, 3.63) is 65.7 Å². The molecule has 1 saturated carbocycles. The van der Waals surface area contributed by atoms with Gasteiger partial charge in [0.15, 0.2) is 0 Å². The molecule has 4 rings (SSSR count). The normalized spacial score (nSPS) is 17.9. The topological polar surface area (TPSA) is 104 Å². The molecule has 0 spiro atoms. The Kier molecular flexibility index (Phi) is 8.08. The molecule has 1 aliphatic heterocycles. The average molecular weight is 512 g/mol. The highest BCUT2D eigenvalue weighted by atomic mass is 32.2. The second-order valence-electron chi connectivity index (χ2n) is 9.40. The third-order valence-corrected chi connectivity index (χ3v) is 8.81. The van der Waals surface area contributed by atoms with Gasteiger partial charge in [-0.1, -0.05) is 68.7 Å². The average Bonchev–Trinajstić information content (AvgIpc) is 3.08. The number of benzene rings is 2. The first-order valence-electron chi connectivity index (χ1n) is 12.6. The molecule has 0 aromatic heterocycles. The summed E-state index contributed by atoms with van der Waals surface area (Å²) in [5.41, 5.74) is 0.983. The maximum Gasteiger partial charge on any atom is 0.269 e. The van der Waals surface area contributed by atoms with Crippen molar-refractivity contribution in [1.82, 2.24) is 14.5 Å². The summed E-state index contributed by atoms with van der Waals surface area (Å²) in [7, 11) is -4.00. The number of hydrogen-bond donors (Lipinski definition) is 1. The molecule has 1 heterocycles. The SMILES string of the molecule is CC[C@H](C(=O)NC1CCCCC1)N(Cc1ccccc1)C(=O)CCN1C(=O)c2ccccc2S1(=O)=O. The zero-order valence-corrected chi connectivity index (χ0v) is 21.4. The van der Waals surface area contributed by atoms with Crippen molar-refractivity contribution in [2.24, 2.45) is 0 Å². The quantitative estimate of drug-likeness (QED) is 0.555. The van der Waals surface area contributed by atoms with Crippen LogP contribution >= 0.6 is 0 Å². The zero-order chi connectivity index (χ0) is 25.7. The van der Waals surface area contributed by atoms with Crippen molar-refractivity contribution >= 4 is 27.7 Å². The minimum atomic E-state index is -4.00. The van der Waals surface area contributed by atoms with Crippen LogP contribution in [-0.2, 0) is 26.2 Å². The summed E-state index contributed by atoms with van der Waals surface area (Å²) in [6, 6.07) is 14.9. The summed E-state index contributed by atoms with van der Waals surface area (Å²) in [6.07, 6.45) is 5.41. The predicted molar refractivity (Wildman–Crippen MR) is 135 cm³/mol. The maximum atomic E-state index is 13.5. The number of carbonyl (C=O) groups excluding carboxylic acids is 3. The van der Waals surface area contributed by atoms with Crippen molar-refractivity contribution in [1.29, 1.82) is 0 Å². The van der Waals surface area contributed by atoms with Gasteiger partial charge in [-0.05, 0) is 37.0 Å². The van der Waals surface area contributed by atoms with E-state index in [0.717, 1.165) is 35.6 Å². The van der Waals surface area contributed by atoms with Gasteiger partial charge in [0.05, 0.1) is 5.56 Å². The Morgan fingerprint density at radius 1 is 1.03 bits per heavy atom. The first kappa shape index (κ1) is 25.9. The molecule has 1 N–H and O–H groups in total. The molecule has 0 radical (unpaired) electrons. The van der Waals surface area contributed by atoms with E-state index in [1.54, 1.807) is 12.1 Å². The van der Waals surface area contributed by atoms with Crippen molar-refractivity contribution < 1.29 is 22.8 Å². The van der Waals surface area contributed by atoms with Gasteiger partial charge in [-0.2, -0.15) is 0 Å². The number of nitrogens with zero attached hydrogens (tertiary/aromatic N) is 2. The fraction of sp³-hybridized carbons (Fsp3) is 0.444. The van der Waals surface area contributed by atoms with E-state index in [0.29, 0.717) is 6.42 Å². The molecule has 1 aliphatic carbocycles. The van der Waals surface area contributed by atoms with Crippen LogP contribution in [-0.4, -0.2) is 54.0 Å². The molecule has 2 aliphatic rings. The number of sulfonamides is 1. The molecular weight excluding hydrogens is 478 g/mol. The Bertz CT molecular complexity index is 1210. The zero-order valence-electron chi connectivity index (χ0n) is 20.6. The van der Waals surface area contributed by atoms with E-state index < -0.39 is 22.0 Å². The van der Waals surface area contributed by atoms with Gasteiger partial charge < -0.3 is 10.2 Å². The lowest BCUT2D eigenvalue weighted by atomic mass is 9.95. The lowest BCUT2D eigenvalue weighted by Gasteiger charge is -2.33.